The molecule has 1 aliphatic heterocycles. The first kappa shape index (κ1) is 8.91. The van der Waals surface area contributed by atoms with E-state index in [1.54, 1.807) is 0 Å². The molecule has 0 spiro atoms. The molecule has 15 heavy (non-hydrogen) atoms. The molecule has 1 aromatic rings. The van der Waals surface area contributed by atoms with Crippen molar-refractivity contribution in [3.8, 4) is 0 Å². The molecule has 1 aliphatic carbocycles. The molecule has 1 amide bonds. The van der Waals surface area contributed by atoms with Crippen molar-refractivity contribution >= 4 is 11.7 Å². The number of nitrogens with zero attached hydrogens (tertiary/aromatic N) is 1. The van der Waals surface area contributed by atoms with Gasteiger partial charge in [-0.15, -0.1) is 0 Å². The van der Waals surface area contributed by atoms with Gasteiger partial charge >= 0.3 is 0 Å². The fourth-order valence-corrected chi connectivity index (χ4v) is 1.91. The number of hydrogen-bond acceptors (Lipinski definition) is 3. The van der Waals surface area contributed by atoms with Gasteiger partial charge in [0.1, 0.15) is 0 Å². The summed E-state index contributed by atoms with van der Waals surface area (Å²) in [7, 11) is 0. The van der Waals surface area contributed by atoms with Crippen molar-refractivity contribution in [3.05, 3.63) is 11.3 Å². The average Bonchev–Trinajstić information content (AvgIpc) is 3.03. The molecule has 2 aliphatic rings. The number of hydrogen-bond donors (Lipinski definition) is 3. The number of nitrogens with one attached hydrogen (secondary N) is 3. The zero-order valence-corrected chi connectivity index (χ0v) is 8.47. The van der Waals surface area contributed by atoms with Gasteiger partial charge in [0.2, 0.25) is 5.91 Å². The van der Waals surface area contributed by atoms with Crippen molar-refractivity contribution < 1.29 is 4.79 Å². The number of aromatic nitrogens is 2. The second-order valence-corrected chi connectivity index (χ2v) is 4.22. The zero-order chi connectivity index (χ0) is 10.3. The van der Waals surface area contributed by atoms with E-state index in [2.05, 4.69) is 20.8 Å². The Balaban J connectivity index is 1.79. The Morgan fingerprint density at radius 2 is 2.33 bits per heavy atom. The molecule has 80 valence electrons. The first-order valence-corrected chi connectivity index (χ1v) is 5.42. The predicted octanol–water partition coefficient (Wildman–Crippen LogP) is 0.404. The number of H-pyrrole nitrogens is 1. The predicted molar refractivity (Wildman–Crippen MR) is 55.4 cm³/mol. The van der Waals surface area contributed by atoms with Crippen LogP contribution in [0.25, 0.3) is 0 Å². The van der Waals surface area contributed by atoms with E-state index in [1.165, 1.54) is 5.56 Å². The van der Waals surface area contributed by atoms with Gasteiger partial charge in [-0.25, -0.2) is 0 Å². The minimum absolute atomic E-state index is 0.128. The maximum absolute atomic E-state index is 11.6. The molecular weight excluding hydrogens is 192 g/mol. The monoisotopic (exact) mass is 206 g/mol. The number of carbonyl (C=O) groups is 1. The van der Waals surface area contributed by atoms with Crippen LogP contribution in [0.1, 0.15) is 24.1 Å². The molecule has 0 saturated heterocycles. The topological polar surface area (TPSA) is 69.8 Å². The number of rotatable bonds is 2. The Kier molecular flexibility index (Phi) is 1.98. The lowest BCUT2D eigenvalue weighted by Gasteiger charge is -2.12. The minimum atomic E-state index is 0.128. The highest BCUT2D eigenvalue weighted by atomic mass is 16.2. The van der Waals surface area contributed by atoms with E-state index in [0.717, 1.165) is 43.9 Å². The van der Waals surface area contributed by atoms with Crippen molar-refractivity contribution in [2.45, 2.75) is 25.8 Å². The van der Waals surface area contributed by atoms with E-state index in [0.29, 0.717) is 0 Å². The lowest BCUT2D eigenvalue weighted by molar-refractivity contribution is -0.117. The van der Waals surface area contributed by atoms with E-state index in [9.17, 15) is 4.79 Å². The van der Waals surface area contributed by atoms with E-state index < -0.39 is 0 Å². The molecule has 1 fully saturated rings. The SMILES string of the molecule is O=C(Nc1n[nH]c2c1CCNC2)C1CC1. The first-order valence-electron chi connectivity index (χ1n) is 5.42. The third-order valence-electron chi connectivity index (χ3n) is 3.00. The van der Waals surface area contributed by atoms with Gasteiger partial charge in [0.25, 0.3) is 0 Å². The molecule has 0 unspecified atom stereocenters. The Morgan fingerprint density at radius 1 is 1.47 bits per heavy atom. The van der Waals surface area contributed by atoms with Crippen LogP contribution in [-0.4, -0.2) is 22.6 Å². The lowest BCUT2D eigenvalue weighted by Crippen LogP contribution is -2.24. The van der Waals surface area contributed by atoms with Gasteiger partial charge in [-0.1, -0.05) is 0 Å². The molecule has 3 N–H and O–H groups in total. The van der Waals surface area contributed by atoms with Crippen molar-refractivity contribution in [1.29, 1.82) is 0 Å². The third kappa shape index (κ3) is 1.63. The van der Waals surface area contributed by atoms with Crippen LogP contribution >= 0.6 is 0 Å². The minimum Gasteiger partial charge on any atom is -0.311 e. The van der Waals surface area contributed by atoms with Crippen LogP contribution in [0.4, 0.5) is 5.82 Å². The van der Waals surface area contributed by atoms with Gasteiger partial charge in [-0.3, -0.25) is 9.89 Å². The average molecular weight is 206 g/mol. The molecule has 2 heterocycles. The molecule has 1 aromatic heterocycles. The number of fused-ring (bicyclic) bond motifs is 1. The number of anilines is 1. The second-order valence-electron chi connectivity index (χ2n) is 4.22. The van der Waals surface area contributed by atoms with E-state index in [4.69, 9.17) is 0 Å². The molecule has 0 aromatic carbocycles. The maximum atomic E-state index is 11.6. The number of carbonyl (C=O) groups excluding carboxylic acids is 1. The summed E-state index contributed by atoms with van der Waals surface area (Å²) in [5.74, 6) is 1.10. The van der Waals surface area contributed by atoms with Crippen molar-refractivity contribution in [1.82, 2.24) is 15.5 Å². The molecular formula is C10H14N4O. The molecule has 5 heteroatoms. The summed E-state index contributed by atoms with van der Waals surface area (Å²) in [6.45, 7) is 1.78. The summed E-state index contributed by atoms with van der Waals surface area (Å²) >= 11 is 0. The lowest BCUT2D eigenvalue weighted by atomic mass is 10.1. The van der Waals surface area contributed by atoms with Crippen LogP contribution in [0.5, 0.6) is 0 Å². The summed E-state index contributed by atoms with van der Waals surface area (Å²) in [6, 6.07) is 0. The van der Waals surface area contributed by atoms with Gasteiger partial charge in [0.15, 0.2) is 5.82 Å². The highest BCUT2D eigenvalue weighted by molar-refractivity contribution is 5.93. The number of aromatic amines is 1. The van der Waals surface area contributed by atoms with Crippen molar-refractivity contribution in [2.24, 2.45) is 5.92 Å². The second kappa shape index (κ2) is 3.34. The van der Waals surface area contributed by atoms with Gasteiger partial charge in [0, 0.05) is 18.0 Å². The Hall–Kier alpha value is -1.36. The first-order chi connectivity index (χ1) is 7.34. The molecule has 3 rings (SSSR count). The molecule has 0 radical (unpaired) electrons. The molecule has 0 bridgehead atoms. The van der Waals surface area contributed by atoms with Crippen molar-refractivity contribution in [3.63, 3.8) is 0 Å². The van der Waals surface area contributed by atoms with Gasteiger partial charge in [-0.05, 0) is 25.8 Å². The highest BCUT2D eigenvalue weighted by Gasteiger charge is 2.30. The Labute approximate surface area is 87.6 Å². The standard InChI is InChI=1S/C10H14N4O/c15-10(6-1-2-6)12-9-7-3-4-11-5-8(7)13-14-9/h6,11H,1-5H2,(H2,12,13,14,15). The fourth-order valence-electron chi connectivity index (χ4n) is 1.91. The number of amides is 1. The van der Waals surface area contributed by atoms with E-state index in [1.807, 2.05) is 0 Å². The van der Waals surface area contributed by atoms with Crippen LogP contribution in [0, 0.1) is 5.92 Å². The quantitative estimate of drug-likeness (QED) is 0.656. The van der Waals surface area contributed by atoms with E-state index >= 15 is 0 Å². The molecule has 1 saturated carbocycles. The highest BCUT2D eigenvalue weighted by Crippen LogP contribution is 2.30. The maximum Gasteiger partial charge on any atom is 0.228 e. The third-order valence-corrected chi connectivity index (χ3v) is 3.00. The zero-order valence-electron chi connectivity index (χ0n) is 8.47. The summed E-state index contributed by atoms with van der Waals surface area (Å²) in [5, 5.41) is 13.3. The van der Waals surface area contributed by atoms with Crippen molar-refractivity contribution in [2.75, 3.05) is 11.9 Å². The van der Waals surface area contributed by atoms with E-state index in [-0.39, 0.29) is 11.8 Å². The summed E-state index contributed by atoms with van der Waals surface area (Å²) < 4.78 is 0. The van der Waals surface area contributed by atoms with Gasteiger partial charge < -0.3 is 10.6 Å². The normalized spacial score (nSPS) is 19.7. The fraction of sp³-hybridized carbons (Fsp3) is 0.600. The van der Waals surface area contributed by atoms with Crippen LogP contribution in [-0.2, 0) is 17.8 Å². The summed E-state index contributed by atoms with van der Waals surface area (Å²) in [4.78, 5) is 11.6. The largest absolute Gasteiger partial charge is 0.311 e. The Bertz CT molecular complexity index is 394. The van der Waals surface area contributed by atoms with Crippen LogP contribution in [0.15, 0.2) is 0 Å². The summed E-state index contributed by atoms with van der Waals surface area (Å²) in [6.07, 6.45) is 2.99. The molecule has 5 nitrogen and oxygen atoms in total. The summed E-state index contributed by atoms with van der Waals surface area (Å²) in [5.41, 5.74) is 2.27. The molecule has 0 atom stereocenters. The Morgan fingerprint density at radius 3 is 3.13 bits per heavy atom. The van der Waals surface area contributed by atoms with Crippen LogP contribution < -0.4 is 10.6 Å². The van der Waals surface area contributed by atoms with Crippen LogP contribution in [0.2, 0.25) is 0 Å². The van der Waals surface area contributed by atoms with Gasteiger partial charge in [0.05, 0.1) is 5.69 Å². The smallest absolute Gasteiger partial charge is 0.228 e. The van der Waals surface area contributed by atoms with Gasteiger partial charge in [-0.2, -0.15) is 5.10 Å². The van der Waals surface area contributed by atoms with Crippen LogP contribution in [0.3, 0.4) is 0 Å².